The molecule has 41 heavy (non-hydrogen) atoms. The van der Waals surface area contributed by atoms with Crippen molar-refractivity contribution in [3.63, 3.8) is 0 Å². The average molecular weight is 608 g/mol. The van der Waals surface area contributed by atoms with Crippen LogP contribution in [-0.2, 0) is 24.4 Å². The number of imidazole rings is 1. The summed E-state index contributed by atoms with van der Waals surface area (Å²) in [5.74, 6) is -1.32. The van der Waals surface area contributed by atoms with Crippen molar-refractivity contribution >= 4 is 36.4 Å². The third-order valence-corrected chi connectivity index (χ3v) is 9.86. The van der Waals surface area contributed by atoms with Crippen molar-refractivity contribution in [3.05, 3.63) is 16.3 Å². The summed E-state index contributed by atoms with van der Waals surface area (Å²) in [6.07, 6.45) is -3.01. The van der Waals surface area contributed by atoms with Crippen LogP contribution in [-0.4, -0.2) is 86.7 Å². The molecule has 2 N–H and O–H groups in total. The number of aliphatic imine (C=N–C) groups is 1. The number of nitrogens with one attached hydrogen (secondary N) is 1. The van der Waals surface area contributed by atoms with Gasteiger partial charge in [0.05, 0.1) is 31.2 Å². The summed E-state index contributed by atoms with van der Waals surface area (Å²) in [5.41, 5.74) is -1.39. The SMILES string of the molecule is CC(C)C(=O)NC1=NC(=O)c2nc(=[SiH2])n([C@]3([SiH](C)C)O[C@H](C(O)C(C)(C)C)[C@@H](OC(C)(C)C)[C@H]3OC(C)(C)C)c2=N1. The number of fused-ring (bicyclic) bond motifs is 1. The molecule has 3 rings (SSSR count). The third-order valence-electron chi connectivity index (χ3n) is 7.00. The lowest BCUT2D eigenvalue weighted by atomic mass is 9.83. The fourth-order valence-electron chi connectivity index (χ4n) is 5.12. The Labute approximate surface area is 247 Å². The standard InChI is InChI=1S/C28H49N5O6Si2/c1-14(2)21(35)31-23-30-20-15(22(36)32-23)29-24(40)33(20)28(41(12)13)19(39-27(9,10)11)17(37-26(6,7)8)16(38-28)18(34)25(3,4)5/h14,16-19,34,41H,40H2,1-13H3,(H,31,32,35,36)/t16-,17+,18?,19+,28-/m0/s1. The number of guanidine groups is 1. The van der Waals surface area contributed by atoms with Crippen LogP contribution in [0.3, 0.4) is 0 Å². The van der Waals surface area contributed by atoms with Crippen LogP contribution in [0, 0.1) is 16.4 Å². The van der Waals surface area contributed by atoms with Crippen LogP contribution in [0.5, 0.6) is 0 Å². The number of hydrogen-bond donors (Lipinski definition) is 2. The van der Waals surface area contributed by atoms with E-state index in [0.717, 1.165) is 0 Å². The molecule has 0 spiro atoms. The molecule has 11 nitrogen and oxygen atoms in total. The highest BCUT2D eigenvalue weighted by Crippen LogP contribution is 2.46. The molecule has 1 aromatic heterocycles. The van der Waals surface area contributed by atoms with Gasteiger partial charge in [0.2, 0.25) is 11.9 Å². The molecule has 0 aliphatic carbocycles. The number of aliphatic hydroxyl groups is 1. The summed E-state index contributed by atoms with van der Waals surface area (Å²) in [4.78, 5) is 38.9. The van der Waals surface area contributed by atoms with Gasteiger partial charge in [-0.3, -0.25) is 19.5 Å². The Bertz CT molecular complexity index is 1320. The monoisotopic (exact) mass is 607 g/mol. The van der Waals surface area contributed by atoms with Gasteiger partial charge in [-0.15, -0.1) is 0 Å². The highest BCUT2D eigenvalue weighted by atomic mass is 28.3. The van der Waals surface area contributed by atoms with Crippen LogP contribution in [0.1, 0.15) is 86.6 Å². The molecule has 1 fully saturated rings. The fourth-order valence-corrected chi connectivity index (χ4v) is 7.99. The predicted octanol–water partition coefficient (Wildman–Crippen LogP) is 1.52. The normalized spacial score (nSPS) is 26.2. The molecule has 1 aromatic rings. The van der Waals surface area contributed by atoms with E-state index in [0.29, 0.717) is 5.08 Å². The van der Waals surface area contributed by atoms with Gasteiger partial charge in [-0.25, -0.2) is 4.98 Å². The molecule has 1 unspecified atom stereocenters. The summed E-state index contributed by atoms with van der Waals surface area (Å²) >= 11 is 0. The number of carbonyl (C=O) groups excluding carboxylic acids is 2. The van der Waals surface area contributed by atoms with Crippen LogP contribution in [0.4, 0.5) is 0 Å². The topological polar surface area (TPSA) is 137 Å². The van der Waals surface area contributed by atoms with Gasteiger partial charge in [0, 0.05) is 15.8 Å². The molecule has 2 aliphatic heterocycles. The van der Waals surface area contributed by atoms with E-state index in [1.54, 1.807) is 13.8 Å². The van der Waals surface area contributed by atoms with Crippen LogP contribution >= 0.6 is 0 Å². The van der Waals surface area contributed by atoms with Crippen LogP contribution < -0.4 is 10.8 Å². The molecule has 230 valence electrons. The number of aromatic nitrogens is 2. The first-order valence-electron chi connectivity index (χ1n) is 14.3. The van der Waals surface area contributed by atoms with Crippen molar-refractivity contribution in [1.29, 1.82) is 0 Å². The van der Waals surface area contributed by atoms with Crippen LogP contribution in [0.25, 0.3) is 0 Å². The summed E-state index contributed by atoms with van der Waals surface area (Å²) in [6, 6.07) is 0. The van der Waals surface area contributed by atoms with Gasteiger partial charge in [-0.1, -0.05) is 47.7 Å². The minimum atomic E-state index is -2.01. The molecule has 5 atom stereocenters. The third kappa shape index (κ3) is 6.85. The van der Waals surface area contributed by atoms with Crippen molar-refractivity contribution in [2.75, 3.05) is 0 Å². The Kier molecular flexibility index (Phi) is 9.26. The van der Waals surface area contributed by atoms with Gasteiger partial charge in [-0.05, 0) is 47.0 Å². The van der Waals surface area contributed by atoms with E-state index in [4.69, 9.17) is 14.2 Å². The number of hydrogen-bond acceptors (Lipinski definition) is 8. The number of amides is 2. The van der Waals surface area contributed by atoms with Gasteiger partial charge < -0.3 is 19.3 Å². The molecule has 0 saturated carbocycles. The zero-order valence-electron chi connectivity index (χ0n) is 26.9. The van der Waals surface area contributed by atoms with Crippen molar-refractivity contribution < 1.29 is 28.9 Å². The molecule has 1 saturated heterocycles. The maximum absolute atomic E-state index is 13.2. The minimum absolute atomic E-state index is 0.0813. The van der Waals surface area contributed by atoms with Gasteiger partial charge >= 0.3 is 5.91 Å². The summed E-state index contributed by atoms with van der Waals surface area (Å²) in [7, 11) is -0.489. The lowest BCUT2D eigenvalue weighted by Crippen LogP contribution is -2.61. The zero-order valence-corrected chi connectivity index (χ0v) is 29.5. The number of aliphatic hydroxyl groups excluding tert-OH is 1. The molecule has 0 bridgehead atoms. The molecule has 0 radical (unpaired) electrons. The number of rotatable bonds is 6. The first kappa shape index (κ1) is 33.6. The second-order valence-electron chi connectivity index (χ2n) is 14.7. The van der Waals surface area contributed by atoms with E-state index in [9.17, 15) is 14.7 Å². The molecular weight excluding hydrogens is 559 g/mol. The predicted molar refractivity (Wildman–Crippen MR) is 162 cm³/mol. The van der Waals surface area contributed by atoms with E-state index in [1.165, 1.54) is 9.85 Å². The second-order valence-corrected chi connectivity index (χ2v) is 18.4. The lowest BCUT2D eigenvalue weighted by molar-refractivity contribution is -0.176. The quantitative estimate of drug-likeness (QED) is 0.468. The van der Waals surface area contributed by atoms with Crippen molar-refractivity contribution in [2.24, 2.45) is 21.3 Å². The maximum Gasteiger partial charge on any atom is 0.302 e. The van der Waals surface area contributed by atoms with E-state index < -0.39 is 61.1 Å². The number of carbonyl (C=O) groups is 2. The smallest absolute Gasteiger partial charge is 0.302 e. The second kappa shape index (κ2) is 11.3. The summed E-state index contributed by atoms with van der Waals surface area (Å²) in [5, 5.41) is 13.7. The van der Waals surface area contributed by atoms with Gasteiger partial charge in [0.25, 0.3) is 0 Å². The molecule has 3 heterocycles. The van der Waals surface area contributed by atoms with Gasteiger partial charge in [0.15, 0.2) is 16.5 Å². The Morgan fingerprint density at radius 1 is 1.07 bits per heavy atom. The Balaban J connectivity index is 2.38. The van der Waals surface area contributed by atoms with Crippen molar-refractivity contribution in [1.82, 2.24) is 14.9 Å². The lowest BCUT2D eigenvalue weighted by Gasteiger charge is -2.43. The minimum Gasteiger partial charge on any atom is -0.390 e. The summed E-state index contributed by atoms with van der Waals surface area (Å²) < 4.78 is 22.5. The Morgan fingerprint density at radius 2 is 1.63 bits per heavy atom. The van der Waals surface area contributed by atoms with Crippen LogP contribution in [0.15, 0.2) is 9.98 Å². The molecule has 0 aromatic carbocycles. The largest absolute Gasteiger partial charge is 0.390 e. The van der Waals surface area contributed by atoms with Crippen molar-refractivity contribution in [3.8, 4) is 0 Å². The first-order chi connectivity index (χ1) is 18.5. The Hall–Kier alpha value is -1.91. The zero-order chi connectivity index (χ0) is 31.5. The highest BCUT2D eigenvalue weighted by Gasteiger charge is 2.64. The van der Waals surface area contributed by atoms with E-state index in [2.05, 4.69) is 33.4 Å². The highest BCUT2D eigenvalue weighted by molar-refractivity contribution is 6.58. The first-order valence-corrected chi connectivity index (χ1v) is 17.9. The van der Waals surface area contributed by atoms with E-state index in [1.807, 2.05) is 66.9 Å². The van der Waals surface area contributed by atoms with E-state index >= 15 is 0 Å². The Morgan fingerprint density at radius 3 is 2.10 bits per heavy atom. The number of ether oxygens (including phenoxy) is 3. The maximum atomic E-state index is 13.2. The van der Waals surface area contributed by atoms with Crippen LogP contribution in [0.2, 0.25) is 13.1 Å². The number of nitrogens with zero attached hydrogens (tertiary/aromatic N) is 4. The average Bonchev–Trinajstić information content (AvgIpc) is 3.26. The summed E-state index contributed by atoms with van der Waals surface area (Å²) in [6.45, 7) is 25.5. The van der Waals surface area contributed by atoms with Gasteiger partial charge in [-0.2, -0.15) is 9.98 Å². The van der Waals surface area contributed by atoms with Gasteiger partial charge in [0.1, 0.15) is 18.3 Å². The molecule has 13 heteroatoms. The molecular formula is C28H49N5O6Si2. The molecule has 2 amide bonds. The van der Waals surface area contributed by atoms with E-state index in [-0.39, 0.29) is 29.0 Å². The fraction of sp³-hybridized carbons (Fsp3) is 0.786. The molecule has 2 aliphatic rings. The van der Waals surface area contributed by atoms with Crippen molar-refractivity contribution in [2.45, 2.75) is 130 Å².